The van der Waals surface area contributed by atoms with E-state index >= 15 is 0 Å². The van der Waals surface area contributed by atoms with Crippen LogP contribution in [0.2, 0.25) is 0 Å². The van der Waals surface area contributed by atoms with Gasteiger partial charge in [0, 0.05) is 14.1 Å². The SMILES string of the molecule is CN(CC(F)F)S(=O)(=O)c1c(N)ncn1C. The van der Waals surface area contributed by atoms with Crippen molar-refractivity contribution in [3.8, 4) is 0 Å². The van der Waals surface area contributed by atoms with Crippen molar-refractivity contribution in [1.82, 2.24) is 13.9 Å². The van der Waals surface area contributed by atoms with Gasteiger partial charge in [-0.2, -0.15) is 4.31 Å². The van der Waals surface area contributed by atoms with Gasteiger partial charge in [0.25, 0.3) is 16.4 Å². The van der Waals surface area contributed by atoms with Gasteiger partial charge >= 0.3 is 0 Å². The first kappa shape index (κ1) is 12.8. The van der Waals surface area contributed by atoms with E-state index in [4.69, 9.17) is 5.73 Å². The fraction of sp³-hybridized carbons (Fsp3) is 0.571. The molecule has 0 atom stereocenters. The molecule has 1 heterocycles. The lowest BCUT2D eigenvalue weighted by atomic mass is 10.7. The number of nitrogen functional groups attached to an aromatic ring is 1. The molecule has 6 nitrogen and oxygen atoms in total. The Morgan fingerprint density at radius 1 is 1.62 bits per heavy atom. The van der Waals surface area contributed by atoms with E-state index < -0.39 is 23.0 Å². The van der Waals surface area contributed by atoms with E-state index in [1.807, 2.05) is 0 Å². The number of sulfonamides is 1. The van der Waals surface area contributed by atoms with Crippen molar-refractivity contribution >= 4 is 15.8 Å². The van der Waals surface area contributed by atoms with Crippen molar-refractivity contribution in [3.63, 3.8) is 0 Å². The zero-order valence-corrected chi connectivity index (χ0v) is 9.58. The first-order valence-corrected chi connectivity index (χ1v) is 5.72. The molecule has 0 aliphatic carbocycles. The Balaban J connectivity index is 3.12. The minimum absolute atomic E-state index is 0.205. The number of nitrogens with zero attached hydrogens (tertiary/aromatic N) is 3. The Hall–Kier alpha value is -1.22. The average molecular weight is 254 g/mol. The fourth-order valence-electron chi connectivity index (χ4n) is 1.19. The standard InChI is InChI=1S/C7H12F2N4O2S/c1-12-4-11-6(10)7(12)16(14,15)13(2)3-5(8)9/h4-5H,3,10H2,1-2H3. The molecule has 0 fully saturated rings. The smallest absolute Gasteiger partial charge is 0.262 e. The van der Waals surface area contributed by atoms with E-state index in [0.717, 1.165) is 7.05 Å². The number of aryl methyl sites for hydroxylation is 1. The topological polar surface area (TPSA) is 81.2 Å². The van der Waals surface area contributed by atoms with Crippen LogP contribution in [-0.4, -0.2) is 42.3 Å². The van der Waals surface area contributed by atoms with E-state index in [2.05, 4.69) is 4.98 Å². The predicted octanol–water partition coefficient (Wildman–Crippen LogP) is -0.112. The molecule has 1 aromatic rings. The number of hydrogen-bond donors (Lipinski definition) is 1. The fourth-order valence-corrected chi connectivity index (χ4v) is 2.52. The Bertz CT molecular complexity index is 451. The van der Waals surface area contributed by atoms with Crippen molar-refractivity contribution in [3.05, 3.63) is 6.33 Å². The molecule has 0 radical (unpaired) electrons. The van der Waals surface area contributed by atoms with Crippen LogP contribution in [-0.2, 0) is 17.1 Å². The lowest BCUT2D eigenvalue weighted by Crippen LogP contribution is -2.32. The third kappa shape index (κ3) is 2.30. The number of rotatable bonds is 4. The highest BCUT2D eigenvalue weighted by atomic mass is 32.2. The summed E-state index contributed by atoms with van der Waals surface area (Å²) in [5.74, 6) is -0.205. The summed E-state index contributed by atoms with van der Waals surface area (Å²) in [6, 6.07) is 0. The minimum atomic E-state index is -4.02. The molecule has 9 heteroatoms. The maximum atomic E-state index is 12.1. The summed E-state index contributed by atoms with van der Waals surface area (Å²) in [6.07, 6.45) is -1.53. The van der Waals surface area contributed by atoms with Gasteiger partial charge in [0.1, 0.15) is 0 Å². The lowest BCUT2D eigenvalue weighted by molar-refractivity contribution is 0.126. The van der Waals surface area contributed by atoms with Crippen molar-refractivity contribution in [2.45, 2.75) is 11.5 Å². The highest BCUT2D eigenvalue weighted by Gasteiger charge is 2.28. The maximum Gasteiger partial charge on any atom is 0.262 e. The Morgan fingerprint density at radius 2 is 2.19 bits per heavy atom. The van der Waals surface area contributed by atoms with Gasteiger partial charge < -0.3 is 10.3 Å². The van der Waals surface area contributed by atoms with Gasteiger partial charge in [-0.25, -0.2) is 22.2 Å². The van der Waals surface area contributed by atoms with Crippen LogP contribution in [0.1, 0.15) is 0 Å². The van der Waals surface area contributed by atoms with Crippen molar-refractivity contribution in [2.75, 3.05) is 19.3 Å². The molecule has 92 valence electrons. The van der Waals surface area contributed by atoms with E-state index in [1.54, 1.807) is 0 Å². The van der Waals surface area contributed by atoms with Crippen LogP contribution in [0.3, 0.4) is 0 Å². The Morgan fingerprint density at radius 3 is 2.56 bits per heavy atom. The van der Waals surface area contributed by atoms with E-state index in [0.29, 0.717) is 4.31 Å². The summed E-state index contributed by atoms with van der Waals surface area (Å²) in [5.41, 5.74) is 5.37. The molecule has 0 spiro atoms. The summed E-state index contributed by atoms with van der Waals surface area (Å²) in [5, 5.41) is -0.282. The second-order valence-electron chi connectivity index (χ2n) is 3.22. The van der Waals surface area contributed by atoms with Crippen LogP contribution in [0.5, 0.6) is 0 Å². The normalized spacial score (nSPS) is 12.6. The third-order valence-corrected chi connectivity index (χ3v) is 3.91. The van der Waals surface area contributed by atoms with Gasteiger partial charge in [0.05, 0.1) is 12.9 Å². The third-order valence-electron chi connectivity index (χ3n) is 1.96. The predicted molar refractivity (Wildman–Crippen MR) is 53.4 cm³/mol. The molecule has 1 aromatic heterocycles. The van der Waals surface area contributed by atoms with E-state index in [-0.39, 0.29) is 10.8 Å². The number of nitrogens with two attached hydrogens (primary N) is 1. The summed E-state index contributed by atoms with van der Waals surface area (Å²) < 4.78 is 49.6. The van der Waals surface area contributed by atoms with Crippen LogP contribution in [0.25, 0.3) is 0 Å². The van der Waals surface area contributed by atoms with Crippen molar-refractivity contribution in [1.29, 1.82) is 0 Å². The van der Waals surface area contributed by atoms with Gasteiger partial charge in [0.2, 0.25) is 0 Å². The number of aromatic nitrogens is 2. The molecule has 0 aromatic carbocycles. The van der Waals surface area contributed by atoms with Gasteiger partial charge in [-0.1, -0.05) is 0 Å². The van der Waals surface area contributed by atoms with Crippen LogP contribution >= 0.6 is 0 Å². The monoisotopic (exact) mass is 254 g/mol. The molecule has 0 amide bonds. The molecule has 0 saturated carbocycles. The van der Waals surface area contributed by atoms with Crippen molar-refractivity contribution < 1.29 is 17.2 Å². The van der Waals surface area contributed by atoms with Crippen LogP contribution in [0.4, 0.5) is 14.6 Å². The summed E-state index contributed by atoms with van der Waals surface area (Å²) in [4.78, 5) is 3.59. The zero-order valence-electron chi connectivity index (χ0n) is 8.76. The van der Waals surface area contributed by atoms with Gasteiger partial charge in [-0.05, 0) is 0 Å². The maximum absolute atomic E-state index is 12.1. The second kappa shape index (κ2) is 4.34. The number of imidazole rings is 1. The summed E-state index contributed by atoms with van der Waals surface area (Å²) in [7, 11) is -1.54. The quantitative estimate of drug-likeness (QED) is 0.812. The molecule has 0 saturated heterocycles. The zero-order chi connectivity index (χ0) is 12.5. The van der Waals surface area contributed by atoms with Gasteiger partial charge in [0.15, 0.2) is 10.8 Å². The minimum Gasteiger partial charge on any atom is -0.381 e. The molecular weight excluding hydrogens is 242 g/mol. The van der Waals surface area contributed by atoms with Crippen molar-refractivity contribution in [2.24, 2.45) is 7.05 Å². The van der Waals surface area contributed by atoms with E-state index in [9.17, 15) is 17.2 Å². The number of hydrogen-bond acceptors (Lipinski definition) is 4. The van der Waals surface area contributed by atoms with E-state index in [1.165, 1.54) is 17.9 Å². The molecular formula is C7H12F2N4O2S. The molecule has 2 N–H and O–H groups in total. The number of halogens is 2. The van der Waals surface area contributed by atoms with Crippen LogP contribution < -0.4 is 5.73 Å². The lowest BCUT2D eigenvalue weighted by Gasteiger charge is -2.16. The molecule has 0 bridgehead atoms. The first-order valence-electron chi connectivity index (χ1n) is 4.28. The Kier molecular flexibility index (Phi) is 3.48. The largest absolute Gasteiger partial charge is 0.381 e. The number of alkyl halides is 2. The molecule has 0 aliphatic rings. The van der Waals surface area contributed by atoms with Crippen LogP contribution in [0, 0.1) is 0 Å². The number of anilines is 1. The highest BCUT2D eigenvalue weighted by Crippen LogP contribution is 2.19. The van der Waals surface area contributed by atoms with Crippen LogP contribution in [0.15, 0.2) is 11.4 Å². The Labute approximate surface area is 91.7 Å². The molecule has 0 unspecified atom stereocenters. The molecule has 0 aliphatic heterocycles. The summed E-state index contributed by atoms with van der Waals surface area (Å²) >= 11 is 0. The second-order valence-corrected chi connectivity index (χ2v) is 5.18. The first-order chi connectivity index (χ1) is 7.26. The summed E-state index contributed by atoms with van der Waals surface area (Å²) in [6.45, 7) is -0.882. The molecule has 16 heavy (non-hydrogen) atoms. The van der Waals surface area contributed by atoms with Gasteiger partial charge in [-0.15, -0.1) is 0 Å². The van der Waals surface area contributed by atoms with Gasteiger partial charge in [-0.3, -0.25) is 0 Å². The average Bonchev–Trinajstić information content (AvgIpc) is 2.45. The highest BCUT2D eigenvalue weighted by molar-refractivity contribution is 7.89. The molecule has 1 rings (SSSR count).